The van der Waals surface area contributed by atoms with Gasteiger partial charge >= 0.3 is 5.97 Å². The van der Waals surface area contributed by atoms with E-state index in [4.69, 9.17) is 9.84 Å². The first-order valence-electron chi connectivity index (χ1n) is 5.59. The fourth-order valence-corrected chi connectivity index (χ4v) is 1.61. The van der Waals surface area contributed by atoms with E-state index in [1.54, 1.807) is 19.1 Å². The summed E-state index contributed by atoms with van der Waals surface area (Å²) in [5, 5.41) is 8.98. The second-order valence-electron chi connectivity index (χ2n) is 3.79. The van der Waals surface area contributed by atoms with Crippen LogP contribution in [0.25, 0.3) is 0 Å². The Kier molecular flexibility index (Phi) is 4.35. The number of hydrogen-bond donors (Lipinski definition) is 1. The van der Waals surface area contributed by atoms with Gasteiger partial charge in [-0.2, -0.15) is 0 Å². The van der Waals surface area contributed by atoms with Crippen LogP contribution in [-0.2, 0) is 0 Å². The lowest BCUT2D eigenvalue weighted by Crippen LogP contribution is -2.15. The van der Waals surface area contributed by atoms with Gasteiger partial charge in [0.2, 0.25) is 0 Å². The van der Waals surface area contributed by atoms with Crippen LogP contribution in [0.1, 0.15) is 42.6 Å². The van der Waals surface area contributed by atoms with E-state index in [0.717, 1.165) is 12.8 Å². The third-order valence-corrected chi connectivity index (χ3v) is 2.72. The topological polar surface area (TPSA) is 46.5 Å². The summed E-state index contributed by atoms with van der Waals surface area (Å²) in [5.74, 6) is -0.235. The Bertz CT molecular complexity index is 367. The minimum Gasteiger partial charge on any atom is -0.490 e. The summed E-state index contributed by atoms with van der Waals surface area (Å²) < 4.78 is 5.77. The molecule has 1 N–H and O–H groups in total. The fraction of sp³-hybridized carbons (Fsp3) is 0.462. The Morgan fingerprint density at radius 2 is 2.00 bits per heavy atom. The Labute approximate surface area is 96.1 Å². The number of rotatable bonds is 5. The van der Waals surface area contributed by atoms with Gasteiger partial charge < -0.3 is 9.84 Å². The molecule has 1 rings (SSSR count). The van der Waals surface area contributed by atoms with Crippen molar-refractivity contribution in [3.05, 3.63) is 29.3 Å². The molecule has 3 heteroatoms. The first-order chi connectivity index (χ1) is 7.60. The minimum absolute atomic E-state index is 0.155. The normalized spacial score (nSPS) is 10.5. The zero-order chi connectivity index (χ0) is 12.1. The molecule has 0 aliphatic rings. The first kappa shape index (κ1) is 12.6. The number of hydrogen-bond acceptors (Lipinski definition) is 2. The van der Waals surface area contributed by atoms with Gasteiger partial charge in [0.1, 0.15) is 5.75 Å². The Morgan fingerprint density at radius 1 is 1.38 bits per heavy atom. The average molecular weight is 222 g/mol. The van der Waals surface area contributed by atoms with Crippen LogP contribution in [0.5, 0.6) is 5.75 Å². The van der Waals surface area contributed by atoms with Gasteiger partial charge in [0.05, 0.1) is 11.7 Å². The quantitative estimate of drug-likeness (QED) is 0.831. The van der Waals surface area contributed by atoms with Gasteiger partial charge in [-0.25, -0.2) is 4.79 Å². The van der Waals surface area contributed by atoms with Crippen molar-refractivity contribution in [1.29, 1.82) is 0 Å². The van der Waals surface area contributed by atoms with E-state index in [9.17, 15) is 4.79 Å². The van der Waals surface area contributed by atoms with Gasteiger partial charge in [0, 0.05) is 5.56 Å². The van der Waals surface area contributed by atoms with Crippen molar-refractivity contribution in [2.24, 2.45) is 0 Å². The SMILES string of the molecule is CCC(CC)Oc1cccc(C(=O)O)c1C. The highest BCUT2D eigenvalue weighted by molar-refractivity contribution is 5.90. The smallest absolute Gasteiger partial charge is 0.336 e. The van der Waals surface area contributed by atoms with E-state index in [2.05, 4.69) is 13.8 Å². The lowest BCUT2D eigenvalue weighted by Gasteiger charge is -2.18. The molecule has 0 saturated carbocycles. The summed E-state index contributed by atoms with van der Waals surface area (Å²) in [4.78, 5) is 10.9. The molecule has 0 saturated heterocycles. The zero-order valence-corrected chi connectivity index (χ0v) is 9.99. The molecule has 0 spiro atoms. The Balaban J connectivity index is 2.97. The van der Waals surface area contributed by atoms with E-state index in [1.807, 2.05) is 6.07 Å². The van der Waals surface area contributed by atoms with Gasteiger partial charge in [-0.05, 0) is 31.9 Å². The predicted octanol–water partition coefficient (Wildman–Crippen LogP) is 3.26. The molecule has 0 amide bonds. The van der Waals surface area contributed by atoms with Crippen LogP contribution in [-0.4, -0.2) is 17.2 Å². The molecule has 0 aliphatic heterocycles. The van der Waals surface area contributed by atoms with Gasteiger partial charge in [-0.15, -0.1) is 0 Å². The fourth-order valence-electron chi connectivity index (χ4n) is 1.61. The molecular weight excluding hydrogens is 204 g/mol. The summed E-state index contributed by atoms with van der Waals surface area (Å²) in [6.45, 7) is 5.90. The molecule has 0 aliphatic carbocycles. The molecule has 0 aromatic heterocycles. The van der Waals surface area contributed by atoms with E-state index in [-0.39, 0.29) is 6.10 Å². The van der Waals surface area contributed by atoms with Crippen molar-refractivity contribution in [2.45, 2.75) is 39.7 Å². The maximum atomic E-state index is 10.9. The standard InChI is InChI=1S/C13H18O3/c1-4-10(5-2)16-12-8-6-7-11(9(12)3)13(14)15/h6-8,10H,4-5H2,1-3H3,(H,14,15). The number of ether oxygens (including phenoxy) is 1. The molecular formula is C13H18O3. The van der Waals surface area contributed by atoms with E-state index in [0.29, 0.717) is 16.9 Å². The van der Waals surface area contributed by atoms with E-state index >= 15 is 0 Å². The van der Waals surface area contributed by atoms with Crippen LogP contribution in [0.4, 0.5) is 0 Å². The van der Waals surface area contributed by atoms with Crippen LogP contribution in [0, 0.1) is 6.92 Å². The molecule has 1 aromatic rings. The molecule has 1 aromatic carbocycles. The summed E-state index contributed by atoms with van der Waals surface area (Å²) in [6.07, 6.45) is 2.00. The number of aromatic carboxylic acids is 1. The van der Waals surface area contributed by atoms with Gasteiger partial charge in [-0.3, -0.25) is 0 Å². The highest BCUT2D eigenvalue weighted by atomic mass is 16.5. The molecule has 0 fully saturated rings. The second-order valence-corrected chi connectivity index (χ2v) is 3.79. The molecule has 0 radical (unpaired) electrons. The molecule has 88 valence electrons. The maximum absolute atomic E-state index is 10.9. The highest BCUT2D eigenvalue weighted by Gasteiger charge is 2.13. The number of carboxylic acids is 1. The predicted molar refractivity (Wildman–Crippen MR) is 63.1 cm³/mol. The van der Waals surface area contributed by atoms with Gasteiger partial charge in [-0.1, -0.05) is 19.9 Å². The lowest BCUT2D eigenvalue weighted by atomic mass is 10.1. The van der Waals surface area contributed by atoms with Crippen molar-refractivity contribution in [2.75, 3.05) is 0 Å². The van der Waals surface area contributed by atoms with Gasteiger partial charge in [0.15, 0.2) is 0 Å². The van der Waals surface area contributed by atoms with Gasteiger partial charge in [0.25, 0.3) is 0 Å². The Morgan fingerprint density at radius 3 is 2.50 bits per heavy atom. The monoisotopic (exact) mass is 222 g/mol. The van der Waals surface area contributed by atoms with E-state index in [1.165, 1.54) is 0 Å². The van der Waals surface area contributed by atoms with Crippen molar-refractivity contribution < 1.29 is 14.6 Å². The van der Waals surface area contributed by atoms with Crippen molar-refractivity contribution in [1.82, 2.24) is 0 Å². The molecule has 3 nitrogen and oxygen atoms in total. The van der Waals surface area contributed by atoms with Crippen LogP contribution in [0.15, 0.2) is 18.2 Å². The number of benzene rings is 1. The highest BCUT2D eigenvalue weighted by Crippen LogP contribution is 2.23. The summed E-state index contributed by atoms with van der Waals surface area (Å²) in [7, 11) is 0. The van der Waals surface area contributed by atoms with Crippen molar-refractivity contribution >= 4 is 5.97 Å². The molecule has 0 heterocycles. The molecule has 0 unspecified atom stereocenters. The molecule has 16 heavy (non-hydrogen) atoms. The van der Waals surface area contributed by atoms with Crippen LogP contribution < -0.4 is 4.74 Å². The largest absolute Gasteiger partial charge is 0.490 e. The third-order valence-electron chi connectivity index (χ3n) is 2.72. The minimum atomic E-state index is -0.910. The maximum Gasteiger partial charge on any atom is 0.336 e. The van der Waals surface area contributed by atoms with E-state index < -0.39 is 5.97 Å². The van der Waals surface area contributed by atoms with Crippen molar-refractivity contribution in [3.63, 3.8) is 0 Å². The van der Waals surface area contributed by atoms with Crippen molar-refractivity contribution in [3.8, 4) is 5.75 Å². The van der Waals surface area contributed by atoms with Crippen LogP contribution in [0.2, 0.25) is 0 Å². The summed E-state index contributed by atoms with van der Waals surface area (Å²) in [5.41, 5.74) is 1.00. The van der Waals surface area contributed by atoms with Crippen LogP contribution in [0.3, 0.4) is 0 Å². The second kappa shape index (κ2) is 5.54. The summed E-state index contributed by atoms with van der Waals surface area (Å²) in [6, 6.07) is 5.13. The lowest BCUT2D eigenvalue weighted by molar-refractivity contribution is 0.0695. The average Bonchev–Trinajstić information content (AvgIpc) is 2.27. The third kappa shape index (κ3) is 2.75. The molecule has 0 atom stereocenters. The summed E-state index contributed by atoms with van der Waals surface area (Å²) >= 11 is 0. The first-order valence-corrected chi connectivity index (χ1v) is 5.59. The van der Waals surface area contributed by atoms with Crippen LogP contribution >= 0.6 is 0 Å². The number of carbonyl (C=O) groups is 1. The Hall–Kier alpha value is -1.51. The molecule has 0 bridgehead atoms. The zero-order valence-electron chi connectivity index (χ0n) is 9.99. The number of carboxylic acid groups (broad SMARTS) is 1.